The van der Waals surface area contributed by atoms with Gasteiger partial charge in [0.15, 0.2) is 0 Å². The summed E-state index contributed by atoms with van der Waals surface area (Å²) in [6, 6.07) is 5.75. The number of anilines is 2. The zero-order valence-electron chi connectivity index (χ0n) is 14.1. The van der Waals surface area contributed by atoms with Gasteiger partial charge in [0.05, 0.1) is 5.02 Å². The van der Waals surface area contributed by atoms with E-state index in [1.165, 1.54) is 18.2 Å². The minimum absolute atomic E-state index is 0.00914. The molecule has 2 aromatic rings. The lowest BCUT2D eigenvalue weighted by Gasteiger charge is -2.32. The zero-order valence-corrected chi connectivity index (χ0v) is 14.8. The van der Waals surface area contributed by atoms with Gasteiger partial charge in [-0.3, -0.25) is 9.59 Å². The monoisotopic (exact) mass is 377 g/mol. The summed E-state index contributed by atoms with van der Waals surface area (Å²) in [5, 5.41) is 2.99. The van der Waals surface area contributed by atoms with Crippen molar-refractivity contribution < 1.29 is 14.0 Å². The fourth-order valence-electron chi connectivity index (χ4n) is 2.66. The molecule has 2 amide bonds. The summed E-state index contributed by atoms with van der Waals surface area (Å²) in [7, 11) is 0. The first-order valence-corrected chi connectivity index (χ1v) is 8.40. The molecule has 136 valence electrons. The van der Waals surface area contributed by atoms with Crippen LogP contribution in [0.2, 0.25) is 5.02 Å². The molecular formula is C17H17ClFN5O2. The predicted molar refractivity (Wildman–Crippen MR) is 95.0 cm³/mol. The van der Waals surface area contributed by atoms with Crippen molar-refractivity contribution in [3.8, 4) is 0 Å². The molecule has 1 fully saturated rings. The van der Waals surface area contributed by atoms with Gasteiger partial charge in [0.2, 0.25) is 6.41 Å². The number of benzene rings is 1. The Labute approximate surface area is 154 Å². The van der Waals surface area contributed by atoms with Gasteiger partial charge >= 0.3 is 0 Å². The molecule has 1 aromatic heterocycles. The standard InChI is InChI=1S/C17H17ClFN5O2/c1-11-20-15(17(26)24-6-4-23(10-25)5-7-24)9-16(21-11)22-12-2-3-14(19)13(18)8-12/h2-3,8-10H,4-7H2,1H3,(H,20,21,22). The number of amides is 2. The van der Waals surface area contributed by atoms with Crippen molar-refractivity contribution in [2.45, 2.75) is 6.92 Å². The highest BCUT2D eigenvalue weighted by Gasteiger charge is 2.23. The van der Waals surface area contributed by atoms with E-state index in [-0.39, 0.29) is 16.6 Å². The van der Waals surface area contributed by atoms with Crippen molar-refractivity contribution in [3.05, 3.63) is 46.6 Å². The van der Waals surface area contributed by atoms with E-state index in [0.717, 1.165) is 6.41 Å². The molecule has 1 aliphatic heterocycles. The van der Waals surface area contributed by atoms with Crippen LogP contribution < -0.4 is 5.32 Å². The van der Waals surface area contributed by atoms with Crippen LogP contribution in [0, 0.1) is 12.7 Å². The average molecular weight is 378 g/mol. The zero-order chi connectivity index (χ0) is 18.7. The van der Waals surface area contributed by atoms with Crippen LogP contribution in [-0.2, 0) is 4.79 Å². The third-order valence-electron chi connectivity index (χ3n) is 4.00. The van der Waals surface area contributed by atoms with E-state index in [4.69, 9.17) is 11.6 Å². The number of hydrogen-bond donors (Lipinski definition) is 1. The van der Waals surface area contributed by atoms with Gasteiger partial charge in [-0.05, 0) is 25.1 Å². The van der Waals surface area contributed by atoms with Gasteiger partial charge in [0.1, 0.15) is 23.2 Å². The molecule has 1 saturated heterocycles. The van der Waals surface area contributed by atoms with Gasteiger partial charge in [-0.15, -0.1) is 0 Å². The first kappa shape index (κ1) is 18.1. The molecular weight excluding hydrogens is 361 g/mol. The van der Waals surface area contributed by atoms with E-state index in [0.29, 0.717) is 43.5 Å². The second-order valence-corrected chi connectivity index (χ2v) is 6.28. The quantitative estimate of drug-likeness (QED) is 0.827. The number of rotatable bonds is 4. The van der Waals surface area contributed by atoms with Crippen LogP contribution >= 0.6 is 11.6 Å². The molecule has 0 radical (unpaired) electrons. The van der Waals surface area contributed by atoms with Crippen LogP contribution in [0.1, 0.15) is 16.3 Å². The van der Waals surface area contributed by atoms with Crippen molar-refractivity contribution in [1.29, 1.82) is 0 Å². The highest BCUT2D eigenvalue weighted by Crippen LogP contribution is 2.22. The van der Waals surface area contributed by atoms with Gasteiger partial charge in [0, 0.05) is 37.9 Å². The number of carbonyl (C=O) groups is 2. The Kier molecular flexibility index (Phi) is 5.32. The topological polar surface area (TPSA) is 78.4 Å². The van der Waals surface area contributed by atoms with Crippen molar-refractivity contribution >= 4 is 35.4 Å². The highest BCUT2D eigenvalue weighted by atomic mass is 35.5. The maximum Gasteiger partial charge on any atom is 0.272 e. The lowest BCUT2D eigenvalue weighted by Crippen LogP contribution is -2.48. The first-order chi connectivity index (χ1) is 12.5. The van der Waals surface area contributed by atoms with Gasteiger partial charge < -0.3 is 15.1 Å². The Morgan fingerprint density at radius 2 is 1.96 bits per heavy atom. The van der Waals surface area contributed by atoms with Gasteiger partial charge in [-0.2, -0.15) is 0 Å². The SMILES string of the molecule is Cc1nc(Nc2ccc(F)c(Cl)c2)cc(C(=O)N2CCN(C=O)CC2)n1. The fraction of sp³-hybridized carbons (Fsp3) is 0.294. The molecule has 0 aliphatic carbocycles. The summed E-state index contributed by atoms with van der Waals surface area (Å²) in [5.74, 6) is 0.107. The van der Waals surface area contributed by atoms with Crippen molar-refractivity contribution in [1.82, 2.24) is 19.8 Å². The summed E-state index contributed by atoms with van der Waals surface area (Å²) in [5.41, 5.74) is 0.806. The summed E-state index contributed by atoms with van der Waals surface area (Å²) in [4.78, 5) is 35.2. The number of piperazine rings is 1. The molecule has 7 nitrogen and oxygen atoms in total. The molecule has 26 heavy (non-hydrogen) atoms. The van der Waals surface area contributed by atoms with Crippen molar-refractivity contribution in [3.63, 3.8) is 0 Å². The Hall–Kier alpha value is -2.74. The summed E-state index contributed by atoms with van der Waals surface area (Å²) in [6.45, 7) is 3.59. The van der Waals surface area contributed by atoms with Gasteiger partial charge in [0.25, 0.3) is 5.91 Å². The van der Waals surface area contributed by atoms with E-state index < -0.39 is 5.82 Å². The Balaban J connectivity index is 1.77. The van der Waals surface area contributed by atoms with Crippen LogP contribution in [0.15, 0.2) is 24.3 Å². The molecule has 1 aliphatic rings. The maximum absolute atomic E-state index is 13.3. The molecule has 2 heterocycles. The minimum Gasteiger partial charge on any atom is -0.342 e. The van der Waals surface area contributed by atoms with Crippen molar-refractivity contribution in [2.75, 3.05) is 31.5 Å². The molecule has 1 aromatic carbocycles. The Bertz CT molecular complexity index is 840. The molecule has 1 N–H and O–H groups in total. The van der Waals surface area contributed by atoms with Crippen molar-refractivity contribution in [2.24, 2.45) is 0 Å². The van der Waals surface area contributed by atoms with Crippen LogP contribution in [0.4, 0.5) is 15.9 Å². The summed E-state index contributed by atoms with van der Waals surface area (Å²) in [6.07, 6.45) is 0.784. The second kappa shape index (κ2) is 7.65. The van der Waals surface area contributed by atoms with Gasteiger partial charge in [-0.1, -0.05) is 11.6 Å². The molecule has 3 rings (SSSR count). The number of carbonyl (C=O) groups excluding carboxylic acids is 2. The van der Waals surface area contributed by atoms with Gasteiger partial charge in [-0.25, -0.2) is 14.4 Å². The first-order valence-electron chi connectivity index (χ1n) is 8.02. The molecule has 0 atom stereocenters. The number of aryl methyl sites for hydroxylation is 1. The summed E-state index contributed by atoms with van der Waals surface area (Å²) < 4.78 is 13.3. The molecule has 0 saturated carbocycles. The number of halogens is 2. The minimum atomic E-state index is -0.513. The van der Waals surface area contributed by atoms with E-state index in [1.54, 1.807) is 22.8 Å². The third-order valence-corrected chi connectivity index (χ3v) is 4.29. The number of nitrogens with zero attached hydrogens (tertiary/aromatic N) is 4. The van der Waals surface area contributed by atoms with Crippen LogP contribution in [0.5, 0.6) is 0 Å². The predicted octanol–water partition coefficient (Wildman–Crippen LogP) is 2.24. The largest absolute Gasteiger partial charge is 0.342 e. The smallest absolute Gasteiger partial charge is 0.272 e. The fourth-order valence-corrected chi connectivity index (χ4v) is 2.84. The normalized spacial score (nSPS) is 14.3. The van der Waals surface area contributed by atoms with Crippen LogP contribution in [0.3, 0.4) is 0 Å². The van der Waals surface area contributed by atoms with E-state index in [1.807, 2.05) is 0 Å². The Morgan fingerprint density at radius 3 is 2.62 bits per heavy atom. The third kappa shape index (κ3) is 4.08. The van der Waals surface area contributed by atoms with E-state index in [9.17, 15) is 14.0 Å². The highest BCUT2D eigenvalue weighted by molar-refractivity contribution is 6.31. The molecule has 0 spiro atoms. The second-order valence-electron chi connectivity index (χ2n) is 5.87. The number of hydrogen-bond acceptors (Lipinski definition) is 5. The average Bonchev–Trinajstić information content (AvgIpc) is 2.64. The lowest BCUT2D eigenvalue weighted by molar-refractivity contribution is -0.119. The van der Waals surface area contributed by atoms with E-state index in [2.05, 4.69) is 15.3 Å². The molecule has 0 unspecified atom stereocenters. The number of aromatic nitrogens is 2. The van der Waals surface area contributed by atoms with Crippen LogP contribution in [0.25, 0.3) is 0 Å². The summed E-state index contributed by atoms with van der Waals surface area (Å²) >= 11 is 5.78. The molecule has 0 bridgehead atoms. The van der Waals surface area contributed by atoms with E-state index >= 15 is 0 Å². The maximum atomic E-state index is 13.3. The molecule has 9 heteroatoms. The lowest BCUT2D eigenvalue weighted by atomic mass is 10.2. The number of nitrogens with one attached hydrogen (secondary N) is 1. The van der Waals surface area contributed by atoms with Crippen LogP contribution in [-0.4, -0.2) is 58.3 Å². The Morgan fingerprint density at radius 1 is 1.23 bits per heavy atom.